The molecular formula is C21H19F2N5O2S. The van der Waals surface area contributed by atoms with Crippen molar-refractivity contribution in [2.75, 3.05) is 50.2 Å². The molecule has 2 saturated heterocycles. The van der Waals surface area contributed by atoms with E-state index in [0.29, 0.717) is 47.0 Å². The van der Waals surface area contributed by atoms with E-state index in [2.05, 4.69) is 22.1 Å². The zero-order valence-corrected chi connectivity index (χ0v) is 17.4. The molecule has 2 aromatic rings. The molecule has 4 heterocycles. The van der Waals surface area contributed by atoms with E-state index in [1.54, 1.807) is 17.0 Å². The van der Waals surface area contributed by atoms with Crippen LogP contribution >= 0.6 is 11.8 Å². The number of alkyl halides is 2. The third-order valence-corrected chi connectivity index (χ3v) is 6.21. The molecule has 0 atom stereocenters. The number of rotatable bonds is 8. The van der Waals surface area contributed by atoms with Gasteiger partial charge in [0, 0.05) is 17.2 Å². The van der Waals surface area contributed by atoms with Crippen molar-refractivity contribution in [3.05, 3.63) is 29.5 Å². The summed E-state index contributed by atoms with van der Waals surface area (Å²) in [4.78, 5) is 10.6. The number of aromatic nitrogens is 2. The quantitative estimate of drug-likeness (QED) is 0.575. The van der Waals surface area contributed by atoms with Gasteiger partial charge in [-0.15, -0.1) is 11.8 Å². The van der Waals surface area contributed by atoms with Gasteiger partial charge in [0.05, 0.1) is 43.8 Å². The minimum absolute atomic E-state index is 0.0850. The lowest BCUT2D eigenvalue weighted by atomic mass is 9.99. The zero-order chi connectivity index (χ0) is 21.8. The first-order chi connectivity index (χ1) is 15.1. The Kier molecular flexibility index (Phi) is 6.50. The number of thioether (sulfide) groups is 1. The van der Waals surface area contributed by atoms with Crippen molar-refractivity contribution < 1.29 is 18.3 Å². The molecular weight excluding hydrogens is 424 g/mol. The molecule has 2 aromatic heterocycles. The lowest BCUT2D eigenvalue weighted by molar-refractivity contribution is -0.0196. The lowest BCUT2D eigenvalue weighted by Crippen LogP contribution is -2.49. The molecule has 0 aromatic carbocycles. The molecule has 4 rings (SSSR count). The number of halogens is 2. The number of ether oxygens (including phenoxy) is 2. The summed E-state index contributed by atoms with van der Waals surface area (Å²) in [5, 5.41) is 20.3. The van der Waals surface area contributed by atoms with Crippen molar-refractivity contribution >= 4 is 17.6 Å². The zero-order valence-electron chi connectivity index (χ0n) is 16.6. The van der Waals surface area contributed by atoms with E-state index in [9.17, 15) is 19.3 Å². The van der Waals surface area contributed by atoms with E-state index in [4.69, 9.17) is 9.47 Å². The highest BCUT2D eigenvalue weighted by Crippen LogP contribution is 2.39. The third kappa shape index (κ3) is 4.41. The van der Waals surface area contributed by atoms with Crippen LogP contribution in [0, 0.1) is 28.6 Å². The van der Waals surface area contributed by atoms with Gasteiger partial charge in [-0.1, -0.05) is 0 Å². The normalized spacial score (nSPS) is 16.2. The summed E-state index contributed by atoms with van der Waals surface area (Å²) in [6.07, 6.45) is 0.452. The van der Waals surface area contributed by atoms with Crippen molar-refractivity contribution in [2.45, 2.75) is 11.2 Å². The van der Waals surface area contributed by atoms with E-state index in [-0.39, 0.29) is 30.8 Å². The topological polar surface area (TPSA) is 95.1 Å². The molecule has 10 heteroatoms. The predicted octanol–water partition coefficient (Wildman–Crippen LogP) is 3.13. The first kappa shape index (κ1) is 21.3. The second-order valence-corrected chi connectivity index (χ2v) is 8.23. The Bertz CT molecular complexity index is 1030. The van der Waals surface area contributed by atoms with Gasteiger partial charge in [-0.05, 0) is 12.1 Å². The van der Waals surface area contributed by atoms with Crippen LogP contribution in [-0.4, -0.2) is 61.5 Å². The SMILES string of the molecule is N#Cc1c(SCC2COC2)nc(N2CC(F)C2)c(C#N)c1-c1ccc(OCCF)cn1. The highest BCUT2D eigenvalue weighted by Gasteiger charge is 2.33. The summed E-state index contributed by atoms with van der Waals surface area (Å²) in [5.74, 6) is 1.85. The smallest absolute Gasteiger partial charge is 0.148 e. The van der Waals surface area contributed by atoms with Crippen molar-refractivity contribution in [2.24, 2.45) is 5.92 Å². The number of anilines is 1. The largest absolute Gasteiger partial charge is 0.489 e. The molecule has 2 fully saturated rings. The van der Waals surface area contributed by atoms with Gasteiger partial charge in [0.15, 0.2) is 0 Å². The van der Waals surface area contributed by atoms with E-state index < -0.39 is 12.8 Å². The molecule has 7 nitrogen and oxygen atoms in total. The van der Waals surface area contributed by atoms with Crippen molar-refractivity contribution in [1.82, 2.24) is 9.97 Å². The first-order valence-electron chi connectivity index (χ1n) is 9.77. The maximum atomic E-state index is 13.5. The fourth-order valence-corrected chi connectivity index (χ4v) is 4.33. The second kappa shape index (κ2) is 9.46. The summed E-state index contributed by atoms with van der Waals surface area (Å²) in [6, 6.07) is 7.55. The molecule has 2 aliphatic rings. The fourth-order valence-electron chi connectivity index (χ4n) is 3.30. The van der Waals surface area contributed by atoms with Crippen LogP contribution in [0.3, 0.4) is 0 Å². The van der Waals surface area contributed by atoms with E-state index in [0.717, 1.165) is 5.75 Å². The molecule has 31 heavy (non-hydrogen) atoms. The minimum atomic E-state index is -0.972. The predicted molar refractivity (Wildman–Crippen MR) is 111 cm³/mol. The van der Waals surface area contributed by atoms with Crippen LogP contribution < -0.4 is 9.64 Å². The number of hydrogen-bond donors (Lipinski definition) is 0. The highest BCUT2D eigenvalue weighted by atomic mass is 32.2. The summed E-state index contributed by atoms with van der Waals surface area (Å²) in [5.41, 5.74) is 1.20. The summed E-state index contributed by atoms with van der Waals surface area (Å²) < 4.78 is 36.3. The van der Waals surface area contributed by atoms with Crippen LogP contribution in [-0.2, 0) is 4.74 Å². The summed E-state index contributed by atoms with van der Waals surface area (Å²) in [7, 11) is 0. The van der Waals surface area contributed by atoms with Gasteiger partial charge < -0.3 is 14.4 Å². The van der Waals surface area contributed by atoms with Crippen LogP contribution in [0.1, 0.15) is 11.1 Å². The van der Waals surface area contributed by atoms with Gasteiger partial charge in [-0.2, -0.15) is 10.5 Å². The van der Waals surface area contributed by atoms with Gasteiger partial charge >= 0.3 is 0 Å². The molecule has 0 N–H and O–H groups in total. The maximum Gasteiger partial charge on any atom is 0.148 e. The Labute approximate surface area is 182 Å². The Hall–Kier alpha value is -2.95. The molecule has 0 unspecified atom stereocenters. The lowest BCUT2D eigenvalue weighted by Gasteiger charge is -2.36. The average molecular weight is 443 g/mol. The molecule has 0 aliphatic carbocycles. The molecule has 2 aliphatic heterocycles. The molecule has 0 saturated carbocycles. The van der Waals surface area contributed by atoms with Gasteiger partial charge in [-0.25, -0.2) is 13.8 Å². The standard InChI is InChI=1S/C21H19F2N5O2S/c22-3-4-30-15-1-2-18(26-7-15)19-16(5-24)20(28-8-14(23)9-28)27-21(17(19)6-25)31-12-13-10-29-11-13/h1-2,7,13-14H,3-4,8-12H2. The molecule has 160 valence electrons. The monoisotopic (exact) mass is 443 g/mol. The van der Waals surface area contributed by atoms with Crippen molar-refractivity contribution in [3.63, 3.8) is 0 Å². The van der Waals surface area contributed by atoms with Crippen molar-refractivity contribution in [3.8, 4) is 29.1 Å². The van der Waals surface area contributed by atoms with Crippen LogP contribution in [0.4, 0.5) is 14.6 Å². The first-order valence-corrected chi connectivity index (χ1v) is 10.8. The van der Waals surface area contributed by atoms with Crippen molar-refractivity contribution in [1.29, 1.82) is 10.5 Å². The second-order valence-electron chi connectivity index (χ2n) is 7.22. The van der Waals surface area contributed by atoms with Gasteiger partial charge in [0.1, 0.15) is 53.7 Å². The fraction of sp³-hybridized carbons (Fsp3) is 0.429. The number of nitriles is 2. The number of pyridine rings is 2. The van der Waals surface area contributed by atoms with Gasteiger partial charge in [-0.3, -0.25) is 4.98 Å². The third-order valence-electron chi connectivity index (χ3n) is 5.01. The van der Waals surface area contributed by atoms with Crippen LogP contribution in [0.2, 0.25) is 0 Å². The Morgan fingerprint density at radius 1 is 1.23 bits per heavy atom. The highest BCUT2D eigenvalue weighted by molar-refractivity contribution is 7.99. The summed E-state index contributed by atoms with van der Waals surface area (Å²) in [6.45, 7) is 0.932. The van der Waals surface area contributed by atoms with Gasteiger partial charge in [0.25, 0.3) is 0 Å². The Morgan fingerprint density at radius 3 is 2.55 bits per heavy atom. The average Bonchev–Trinajstić information content (AvgIpc) is 2.73. The van der Waals surface area contributed by atoms with Crippen LogP contribution in [0.5, 0.6) is 5.75 Å². The maximum absolute atomic E-state index is 13.5. The molecule has 0 amide bonds. The Balaban J connectivity index is 1.77. The number of hydrogen-bond acceptors (Lipinski definition) is 8. The Morgan fingerprint density at radius 2 is 2.00 bits per heavy atom. The molecule has 0 bridgehead atoms. The molecule has 0 radical (unpaired) electrons. The van der Waals surface area contributed by atoms with E-state index in [1.165, 1.54) is 18.0 Å². The van der Waals surface area contributed by atoms with E-state index in [1.807, 2.05) is 0 Å². The van der Waals surface area contributed by atoms with Crippen LogP contribution in [0.15, 0.2) is 23.4 Å². The number of nitrogens with zero attached hydrogens (tertiary/aromatic N) is 5. The molecule has 0 spiro atoms. The van der Waals surface area contributed by atoms with Gasteiger partial charge in [0.2, 0.25) is 0 Å². The summed E-state index contributed by atoms with van der Waals surface area (Å²) >= 11 is 1.43. The minimum Gasteiger partial charge on any atom is -0.489 e. The van der Waals surface area contributed by atoms with E-state index >= 15 is 0 Å². The van der Waals surface area contributed by atoms with Crippen LogP contribution in [0.25, 0.3) is 11.3 Å².